The third-order valence-electron chi connectivity index (χ3n) is 6.91. The van der Waals surface area contributed by atoms with E-state index in [1.807, 2.05) is 43.5 Å². The van der Waals surface area contributed by atoms with E-state index in [0.29, 0.717) is 17.3 Å². The van der Waals surface area contributed by atoms with Crippen LogP contribution in [0.25, 0.3) is 17.3 Å². The van der Waals surface area contributed by atoms with Gasteiger partial charge in [0.15, 0.2) is 0 Å². The molecular formula is C28H28N6O. The van der Waals surface area contributed by atoms with Crippen LogP contribution in [0.15, 0.2) is 65.9 Å². The standard InChI is InChI=1S/C28H28N6O/c1-19-29-13-12-25(30-19)31-27-26(20-8-4-3-5-9-20)24(18-32(2)28(27)35)33-14-15-34-22(17-33)16-21-10-6-7-11-23(21)34/h3-5,8-9,12-16,18H,6-7,10-11,17H2,1-2H3,(H,29,30,31). The Balaban J connectivity index is 1.50. The van der Waals surface area contributed by atoms with Crippen molar-refractivity contribution in [2.45, 2.75) is 39.2 Å². The number of aromatic nitrogens is 4. The zero-order chi connectivity index (χ0) is 23.9. The van der Waals surface area contributed by atoms with Crippen LogP contribution in [-0.4, -0.2) is 19.1 Å². The molecule has 0 radical (unpaired) electrons. The van der Waals surface area contributed by atoms with Crippen molar-refractivity contribution in [3.8, 4) is 11.1 Å². The van der Waals surface area contributed by atoms with Crippen LogP contribution in [0.5, 0.6) is 0 Å². The Bertz CT molecular complexity index is 1500. The molecule has 6 rings (SSSR count). The molecule has 1 aliphatic heterocycles. The predicted molar refractivity (Wildman–Crippen MR) is 140 cm³/mol. The van der Waals surface area contributed by atoms with Crippen LogP contribution in [0, 0.1) is 6.92 Å². The van der Waals surface area contributed by atoms with E-state index in [1.54, 1.807) is 23.9 Å². The maximum absolute atomic E-state index is 13.4. The number of benzene rings is 1. The number of nitrogens with one attached hydrogen (secondary N) is 1. The number of hydrogen-bond donors (Lipinski definition) is 1. The number of nitrogens with zero attached hydrogens (tertiary/aromatic N) is 5. The largest absolute Gasteiger partial charge is 0.339 e. The van der Waals surface area contributed by atoms with Gasteiger partial charge in [0.25, 0.3) is 5.56 Å². The molecule has 0 unspecified atom stereocenters. The second-order valence-electron chi connectivity index (χ2n) is 9.27. The smallest absolute Gasteiger partial charge is 0.274 e. The van der Waals surface area contributed by atoms with Crippen molar-refractivity contribution in [2.75, 3.05) is 10.2 Å². The summed E-state index contributed by atoms with van der Waals surface area (Å²) in [4.78, 5) is 24.3. The molecule has 7 heteroatoms. The van der Waals surface area contributed by atoms with Crippen molar-refractivity contribution in [1.29, 1.82) is 0 Å². The number of aryl methyl sites for hydroxylation is 3. The van der Waals surface area contributed by atoms with Crippen molar-refractivity contribution in [3.63, 3.8) is 0 Å². The molecule has 0 saturated carbocycles. The lowest BCUT2D eigenvalue weighted by atomic mass is 9.98. The zero-order valence-electron chi connectivity index (χ0n) is 20.0. The highest BCUT2D eigenvalue weighted by Gasteiger charge is 2.25. The van der Waals surface area contributed by atoms with Crippen LogP contribution in [-0.2, 0) is 26.4 Å². The molecule has 1 aliphatic carbocycles. The first kappa shape index (κ1) is 21.4. The van der Waals surface area contributed by atoms with E-state index in [2.05, 4.69) is 43.2 Å². The van der Waals surface area contributed by atoms with Crippen LogP contribution >= 0.6 is 0 Å². The average molecular weight is 465 g/mol. The topological polar surface area (TPSA) is 68.0 Å². The Labute approximate surface area is 204 Å². The number of hydrogen-bond acceptors (Lipinski definition) is 5. The third-order valence-corrected chi connectivity index (χ3v) is 6.91. The monoisotopic (exact) mass is 464 g/mol. The van der Waals surface area contributed by atoms with Gasteiger partial charge < -0.3 is 19.4 Å². The van der Waals surface area contributed by atoms with Gasteiger partial charge in [0.2, 0.25) is 0 Å². The Hall–Kier alpha value is -4.13. The quantitative estimate of drug-likeness (QED) is 0.459. The molecule has 35 heavy (non-hydrogen) atoms. The zero-order valence-corrected chi connectivity index (χ0v) is 20.0. The minimum Gasteiger partial charge on any atom is -0.339 e. The molecule has 176 valence electrons. The van der Waals surface area contributed by atoms with Gasteiger partial charge in [-0.25, -0.2) is 9.97 Å². The summed E-state index contributed by atoms with van der Waals surface area (Å²) in [5.41, 5.74) is 7.41. The Kier molecular flexibility index (Phi) is 5.25. The molecular weight excluding hydrogens is 436 g/mol. The molecule has 2 aliphatic rings. The lowest BCUT2D eigenvalue weighted by Crippen LogP contribution is -2.27. The summed E-state index contributed by atoms with van der Waals surface area (Å²) in [6.45, 7) is 2.58. The number of anilines is 3. The van der Waals surface area contributed by atoms with Crippen molar-refractivity contribution >= 4 is 23.4 Å². The summed E-state index contributed by atoms with van der Waals surface area (Å²) >= 11 is 0. The molecule has 7 nitrogen and oxygen atoms in total. The van der Waals surface area contributed by atoms with Gasteiger partial charge in [0.1, 0.15) is 17.3 Å². The minimum absolute atomic E-state index is 0.108. The first-order chi connectivity index (χ1) is 17.1. The molecule has 0 atom stereocenters. The Morgan fingerprint density at radius 3 is 2.69 bits per heavy atom. The summed E-state index contributed by atoms with van der Waals surface area (Å²) in [6, 6.07) is 14.2. The van der Waals surface area contributed by atoms with Crippen molar-refractivity contribution in [2.24, 2.45) is 7.05 Å². The molecule has 1 N–H and O–H groups in total. The molecule has 4 heterocycles. The fraction of sp³-hybridized carbons (Fsp3) is 0.250. The van der Waals surface area contributed by atoms with Gasteiger partial charge in [-0.15, -0.1) is 0 Å². The van der Waals surface area contributed by atoms with Gasteiger partial charge in [0, 0.05) is 48.8 Å². The highest BCUT2D eigenvalue weighted by molar-refractivity contribution is 5.90. The first-order valence-electron chi connectivity index (χ1n) is 12.1. The molecule has 0 fully saturated rings. The van der Waals surface area contributed by atoms with Crippen LogP contribution in [0.4, 0.5) is 17.2 Å². The lowest BCUT2D eigenvalue weighted by Gasteiger charge is -2.29. The van der Waals surface area contributed by atoms with Crippen molar-refractivity contribution in [3.05, 3.63) is 94.2 Å². The van der Waals surface area contributed by atoms with E-state index in [4.69, 9.17) is 0 Å². The van der Waals surface area contributed by atoms with Crippen molar-refractivity contribution in [1.82, 2.24) is 19.1 Å². The number of pyridine rings is 1. The highest BCUT2D eigenvalue weighted by Crippen LogP contribution is 2.39. The van der Waals surface area contributed by atoms with E-state index in [1.165, 1.54) is 29.8 Å². The van der Waals surface area contributed by atoms with Crippen LogP contribution < -0.4 is 15.8 Å². The summed E-state index contributed by atoms with van der Waals surface area (Å²) in [5.74, 6) is 1.24. The van der Waals surface area contributed by atoms with Crippen LogP contribution in [0.2, 0.25) is 0 Å². The van der Waals surface area contributed by atoms with Crippen molar-refractivity contribution < 1.29 is 0 Å². The summed E-state index contributed by atoms with van der Waals surface area (Å²) in [7, 11) is 1.80. The second-order valence-corrected chi connectivity index (χ2v) is 9.27. The van der Waals surface area contributed by atoms with Crippen LogP contribution in [0.3, 0.4) is 0 Å². The first-order valence-corrected chi connectivity index (χ1v) is 12.1. The van der Waals surface area contributed by atoms with Crippen LogP contribution in [0.1, 0.15) is 35.6 Å². The normalized spacial score (nSPS) is 14.5. The minimum atomic E-state index is -0.108. The molecule has 0 spiro atoms. The molecule has 3 aromatic heterocycles. The maximum Gasteiger partial charge on any atom is 0.274 e. The Morgan fingerprint density at radius 2 is 1.86 bits per heavy atom. The number of rotatable bonds is 4. The molecule has 4 aromatic rings. The van der Waals surface area contributed by atoms with E-state index in [0.717, 1.165) is 36.2 Å². The number of fused-ring (bicyclic) bond motifs is 3. The van der Waals surface area contributed by atoms with Gasteiger partial charge in [-0.3, -0.25) is 4.79 Å². The highest BCUT2D eigenvalue weighted by atomic mass is 16.1. The third kappa shape index (κ3) is 3.83. The fourth-order valence-electron chi connectivity index (χ4n) is 5.24. The van der Waals surface area contributed by atoms with E-state index < -0.39 is 0 Å². The summed E-state index contributed by atoms with van der Waals surface area (Å²) in [6.07, 6.45) is 12.8. The molecule has 1 aromatic carbocycles. The van der Waals surface area contributed by atoms with E-state index >= 15 is 0 Å². The van der Waals surface area contributed by atoms with Gasteiger partial charge in [-0.05, 0) is 55.9 Å². The summed E-state index contributed by atoms with van der Waals surface area (Å²) < 4.78 is 4.00. The van der Waals surface area contributed by atoms with Gasteiger partial charge in [-0.2, -0.15) is 0 Å². The maximum atomic E-state index is 13.4. The average Bonchev–Trinajstić information content (AvgIpc) is 3.25. The predicted octanol–water partition coefficient (Wildman–Crippen LogP) is 5.02. The van der Waals surface area contributed by atoms with Gasteiger partial charge in [-0.1, -0.05) is 30.3 Å². The fourth-order valence-corrected chi connectivity index (χ4v) is 5.24. The van der Waals surface area contributed by atoms with Gasteiger partial charge >= 0.3 is 0 Å². The Morgan fingerprint density at radius 1 is 1.03 bits per heavy atom. The summed E-state index contributed by atoms with van der Waals surface area (Å²) in [5, 5.41) is 3.32. The molecule has 0 amide bonds. The molecule has 0 bridgehead atoms. The SMILES string of the molecule is Cc1nccc(Nc2c(-c3ccccc3)c(N3C=Cn4c(cc5c4CCCC5)C3)cn(C)c2=O)n1. The lowest BCUT2D eigenvalue weighted by molar-refractivity contribution is 0.662. The van der Waals surface area contributed by atoms with E-state index in [9.17, 15) is 4.79 Å². The molecule has 0 saturated heterocycles. The second kappa shape index (κ2) is 8.58. The van der Waals surface area contributed by atoms with Gasteiger partial charge in [0.05, 0.1) is 12.2 Å². The van der Waals surface area contributed by atoms with E-state index in [-0.39, 0.29) is 5.56 Å².